The van der Waals surface area contributed by atoms with Crippen molar-refractivity contribution in [2.75, 3.05) is 0 Å². The summed E-state index contributed by atoms with van der Waals surface area (Å²) in [5, 5.41) is 0.549. The third-order valence-electron chi connectivity index (χ3n) is 3.30. The SMILES string of the molecule is C=CC(=O)Oc1ccc(C(=O)SC2CCCCC2)cc1. The average molecular weight is 290 g/mol. The summed E-state index contributed by atoms with van der Waals surface area (Å²) >= 11 is 1.44. The molecule has 20 heavy (non-hydrogen) atoms. The number of hydrogen-bond acceptors (Lipinski definition) is 4. The lowest BCUT2D eigenvalue weighted by molar-refractivity contribution is -0.128. The first-order valence-electron chi connectivity index (χ1n) is 6.84. The van der Waals surface area contributed by atoms with Crippen LogP contribution in [-0.4, -0.2) is 16.3 Å². The number of thioether (sulfide) groups is 1. The van der Waals surface area contributed by atoms with Gasteiger partial charge in [-0.3, -0.25) is 4.79 Å². The van der Waals surface area contributed by atoms with Gasteiger partial charge in [0.2, 0.25) is 5.12 Å². The highest BCUT2D eigenvalue weighted by molar-refractivity contribution is 8.14. The topological polar surface area (TPSA) is 43.4 Å². The Morgan fingerprint density at radius 3 is 2.40 bits per heavy atom. The third kappa shape index (κ3) is 4.23. The van der Waals surface area contributed by atoms with Crippen molar-refractivity contribution in [3.05, 3.63) is 42.5 Å². The maximum atomic E-state index is 12.1. The molecule has 1 aliphatic rings. The molecular formula is C16H18O3S. The van der Waals surface area contributed by atoms with E-state index in [4.69, 9.17) is 4.74 Å². The first-order valence-corrected chi connectivity index (χ1v) is 7.72. The van der Waals surface area contributed by atoms with Crippen LogP contribution in [0.4, 0.5) is 0 Å². The van der Waals surface area contributed by atoms with Crippen LogP contribution in [0, 0.1) is 0 Å². The van der Waals surface area contributed by atoms with Gasteiger partial charge in [0.05, 0.1) is 0 Å². The minimum absolute atomic E-state index is 0.0958. The van der Waals surface area contributed by atoms with Crippen molar-refractivity contribution in [2.24, 2.45) is 0 Å². The van der Waals surface area contributed by atoms with E-state index in [-0.39, 0.29) is 5.12 Å². The molecule has 106 valence electrons. The number of carbonyl (C=O) groups is 2. The summed E-state index contributed by atoms with van der Waals surface area (Å²) in [5.74, 6) is -0.0743. The molecule has 4 heteroatoms. The van der Waals surface area contributed by atoms with E-state index in [0.717, 1.165) is 18.9 Å². The van der Waals surface area contributed by atoms with Crippen LogP contribution < -0.4 is 4.74 Å². The van der Waals surface area contributed by atoms with Crippen molar-refractivity contribution in [2.45, 2.75) is 37.4 Å². The molecule has 1 saturated carbocycles. The Hall–Kier alpha value is -1.55. The van der Waals surface area contributed by atoms with E-state index in [1.165, 1.54) is 31.0 Å². The van der Waals surface area contributed by atoms with E-state index < -0.39 is 5.97 Å². The van der Waals surface area contributed by atoms with Crippen LogP contribution in [0.3, 0.4) is 0 Å². The molecule has 0 aromatic heterocycles. The molecule has 0 aliphatic heterocycles. The summed E-state index contributed by atoms with van der Waals surface area (Å²) in [4.78, 5) is 23.2. The molecule has 0 bridgehead atoms. The number of ether oxygens (including phenoxy) is 1. The molecule has 1 fully saturated rings. The van der Waals surface area contributed by atoms with Gasteiger partial charge in [0, 0.05) is 16.9 Å². The van der Waals surface area contributed by atoms with Gasteiger partial charge >= 0.3 is 5.97 Å². The summed E-state index contributed by atoms with van der Waals surface area (Å²) in [7, 11) is 0. The Balaban J connectivity index is 1.92. The predicted octanol–water partition coefficient (Wildman–Crippen LogP) is 3.98. The standard InChI is InChI=1S/C16H18O3S/c1-2-15(17)19-13-10-8-12(9-11-13)16(18)20-14-6-4-3-5-7-14/h2,8-11,14H,1,3-7H2. The van der Waals surface area contributed by atoms with Crippen LogP contribution in [-0.2, 0) is 4.79 Å². The highest BCUT2D eigenvalue weighted by Crippen LogP contribution is 2.30. The minimum atomic E-state index is -0.499. The Kier molecular flexibility index (Phi) is 5.41. The zero-order valence-electron chi connectivity index (χ0n) is 11.3. The molecule has 0 spiro atoms. The first kappa shape index (κ1) is 14.9. The smallest absolute Gasteiger partial charge is 0.335 e. The van der Waals surface area contributed by atoms with Gasteiger partial charge in [-0.15, -0.1) is 0 Å². The Morgan fingerprint density at radius 2 is 1.80 bits per heavy atom. The first-order chi connectivity index (χ1) is 9.69. The van der Waals surface area contributed by atoms with Gasteiger partial charge in [0.15, 0.2) is 0 Å². The normalized spacial score (nSPS) is 15.6. The van der Waals surface area contributed by atoms with Gasteiger partial charge in [0.1, 0.15) is 5.75 Å². The maximum Gasteiger partial charge on any atom is 0.335 e. The van der Waals surface area contributed by atoms with Crippen LogP contribution in [0.25, 0.3) is 0 Å². The lowest BCUT2D eigenvalue weighted by atomic mass is 10.0. The average Bonchev–Trinajstić information content (AvgIpc) is 2.49. The van der Waals surface area contributed by atoms with E-state index in [9.17, 15) is 9.59 Å². The van der Waals surface area contributed by atoms with Gasteiger partial charge in [-0.05, 0) is 37.1 Å². The highest BCUT2D eigenvalue weighted by Gasteiger charge is 2.18. The number of rotatable bonds is 4. The van der Waals surface area contributed by atoms with Crippen LogP contribution in [0.2, 0.25) is 0 Å². The molecule has 1 aromatic carbocycles. The monoisotopic (exact) mass is 290 g/mol. The summed E-state index contributed by atoms with van der Waals surface area (Å²) in [5.41, 5.74) is 0.652. The molecule has 3 nitrogen and oxygen atoms in total. The molecule has 0 amide bonds. The summed E-state index contributed by atoms with van der Waals surface area (Å²) in [6.45, 7) is 3.34. The number of benzene rings is 1. The molecule has 0 heterocycles. The zero-order chi connectivity index (χ0) is 14.4. The highest BCUT2D eigenvalue weighted by atomic mass is 32.2. The third-order valence-corrected chi connectivity index (χ3v) is 4.56. The molecule has 1 aromatic rings. The van der Waals surface area contributed by atoms with Gasteiger partial charge < -0.3 is 4.74 Å². The zero-order valence-corrected chi connectivity index (χ0v) is 12.2. The van der Waals surface area contributed by atoms with E-state index in [1.807, 2.05) is 0 Å². The van der Waals surface area contributed by atoms with Crippen LogP contribution in [0.1, 0.15) is 42.5 Å². The van der Waals surface area contributed by atoms with Gasteiger partial charge in [-0.1, -0.05) is 37.6 Å². The van der Waals surface area contributed by atoms with Crippen LogP contribution >= 0.6 is 11.8 Å². The van der Waals surface area contributed by atoms with Crippen molar-refractivity contribution < 1.29 is 14.3 Å². The van der Waals surface area contributed by atoms with E-state index in [1.54, 1.807) is 24.3 Å². The second-order valence-electron chi connectivity index (χ2n) is 4.81. The summed E-state index contributed by atoms with van der Waals surface area (Å²) in [6, 6.07) is 6.67. The number of esters is 1. The summed E-state index contributed by atoms with van der Waals surface area (Å²) in [6.07, 6.45) is 7.10. The minimum Gasteiger partial charge on any atom is -0.423 e. The van der Waals surface area contributed by atoms with Gasteiger partial charge in [-0.25, -0.2) is 4.79 Å². The van der Waals surface area contributed by atoms with Crippen molar-refractivity contribution in [3.63, 3.8) is 0 Å². The second-order valence-corrected chi connectivity index (χ2v) is 6.09. The molecule has 2 rings (SSSR count). The molecule has 0 saturated heterocycles. The molecule has 0 radical (unpaired) electrons. The second kappa shape index (κ2) is 7.29. The maximum absolute atomic E-state index is 12.1. The molecule has 1 aliphatic carbocycles. The van der Waals surface area contributed by atoms with Crippen LogP contribution in [0.15, 0.2) is 36.9 Å². The van der Waals surface area contributed by atoms with Gasteiger partial charge in [0.25, 0.3) is 0 Å². The van der Waals surface area contributed by atoms with Crippen molar-refractivity contribution >= 4 is 22.8 Å². The van der Waals surface area contributed by atoms with Crippen molar-refractivity contribution in [1.82, 2.24) is 0 Å². The fraction of sp³-hybridized carbons (Fsp3) is 0.375. The Bertz CT molecular complexity index is 487. The lowest BCUT2D eigenvalue weighted by Crippen LogP contribution is -2.11. The van der Waals surface area contributed by atoms with E-state index in [0.29, 0.717) is 16.6 Å². The fourth-order valence-corrected chi connectivity index (χ4v) is 3.36. The lowest BCUT2D eigenvalue weighted by Gasteiger charge is -2.19. The number of carbonyl (C=O) groups excluding carboxylic acids is 2. The predicted molar refractivity (Wildman–Crippen MR) is 81.1 cm³/mol. The number of hydrogen-bond donors (Lipinski definition) is 0. The molecule has 0 atom stereocenters. The molecular weight excluding hydrogens is 272 g/mol. The molecule has 0 unspecified atom stereocenters. The van der Waals surface area contributed by atoms with Crippen LogP contribution in [0.5, 0.6) is 5.75 Å². The Labute approximate surface area is 123 Å². The Morgan fingerprint density at radius 1 is 1.15 bits per heavy atom. The van der Waals surface area contributed by atoms with E-state index in [2.05, 4.69) is 6.58 Å². The summed E-state index contributed by atoms with van der Waals surface area (Å²) < 4.78 is 4.97. The quantitative estimate of drug-likeness (QED) is 0.478. The largest absolute Gasteiger partial charge is 0.423 e. The van der Waals surface area contributed by atoms with Crippen molar-refractivity contribution in [1.29, 1.82) is 0 Å². The fourth-order valence-electron chi connectivity index (χ4n) is 2.22. The van der Waals surface area contributed by atoms with E-state index >= 15 is 0 Å². The molecule has 0 N–H and O–H groups in total. The van der Waals surface area contributed by atoms with Crippen molar-refractivity contribution in [3.8, 4) is 5.75 Å². The van der Waals surface area contributed by atoms with Gasteiger partial charge in [-0.2, -0.15) is 0 Å².